The lowest BCUT2D eigenvalue weighted by molar-refractivity contribution is -0.139. The molecule has 5 rings (SSSR count). The van der Waals surface area contributed by atoms with Crippen molar-refractivity contribution in [2.45, 2.75) is 26.5 Å². The largest absolute Gasteiger partial charge is 0.493 e. The normalized spacial score (nSPS) is 14.6. The highest BCUT2D eigenvalue weighted by Gasteiger charge is 2.35. The summed E-state index contributed by atoms with van der Waals surface area (Å²) in [5.74, 6) is 1.05. The third kappa shape index (κ3) is 6.51. The van der Waals surface area contributed by atoms with Gasteiger partial charge in [-0.2, -0.15) is 0 Å². The van der Waals surface area contributed by atoms with Gasteiger partial charge in [-0.3, -0.25) is 9.36 Å². The summed E-state index contributed by atoms with van der Waals surface area (Å²) >= 11 is 14.5. The molecule has 0 bridgehead atoms. The molecule has 4 aromatic rings. The quantitative estimate of drug-likeness (QED) is 0.179. The minimum absolute atomic E-state index is 0.174. The van der Waals surface area contributed by atoms with Gasteiger partial charge in [0.15, 0.2) is 16.3 Å². The van der Waals surface area contributed by atoms with Gasteiger partial charge in [0.05, 0.1) is 47.1 Å². The maximum absolute atomic E-state index is 14.1. The monoisotopic (exact) mass is 760 g/mol. The van der Waals surface area contributed by atoms with Gasteiger partial charge in [0, 0.05) is 9.50 Å². The summed E-state index contributed by atoms with van der Waals surface area (Å²) in [6, 6.07) is 15.7. The van der Waals surface area contributed by atoms with Crippen molar-refractivity contribution in [3.8, 4) is 17.2 Å². The van der Waals surface area contributed by atoms with Crippen LogP contribution in [0.1, 0.15) is 36.6 Å². The molecule has 0 N–H and O–H groups in total. The topological polar surface area (TPSA) is 88.4 Å². The van der Waals surface area contributed by atoms with Gasteiger partial charge in [-0.1, -0.05) is 57.1 Å². The van der Waals surface area contributed by atoms with Crippen molar-refractivity contribution in [2.24, 2.45) is 4.99 Å². The number of rotatable bonds is 9. The van der Waals surface area contributed by atoms with E-state index in [1.54, 1.807) is 32.1 Å². The summed E-state index contributed by atoms with van der Waals surface area (Å²) in [7, 11) is 3.07. The SMILES string of the molecule is CCOC(=O)C1=C(C)N=c2s/c(=C\c3ccc(OCc4cccc(Cl)c4)c(Br)c3)c(=O)n2[C@@H]1c1cc(OC)c(OC)cc1Br. The molecule has 1 aliphatic heterocycles. The van der Waals surface area contributed by atoms with Gasteiger partial charge in [0.2, 0.25) is 0 Å². The fourth-order valence-electron chi connectivity index (χ4n) is 4.83. The van der Waals surface area contributed by atoms with E-state index in [4.69, 9.17) is 30.5 Å². The van der Waals surface area contributed by atoms with E-state index in [1.807, 2.05) is 42.5 Å². The summed E-state index contributed by atoms with van der Waals surface area (Å²) in [5, 5.41) is 0.646. The van der Waals surface area contributed by atoms with E-state index >= 15 is 0 Å². The van der Waals surface area contributed by atoms with Crippen molar-refractivity contribution in [3.63, 3.8) is 0 Å². The number of ether oxygens (including phenoxy) is 4. The molecule has 8 nitrogen and oxygen atoms in total. The number of halogens is 3. The Kier molecular flexibility index (Phi) is 9.99. The Hall–Kier alpha value is -3.38. The Labute approximate surface area is 279 Å². The van der Waals surface area contributed by atoms with Crippen molar-refractivity contribution in [1.29, 1.82) is 0 Å². The zero-order valence-electron chi connectivity index (χ0n) is 24.2. The number of allylic oxidation sites excluding steroid dienone is 1. The van der Waals surface area contributed by atoms with Gasteiger partial charge in [-0.25, -0.2) is 9.79 Å². The van der Waals surface area contributed by atoms with Crippen molar-refractivity contribution in [2.75, 3.05) is 20.8 Å². The molecule has 0 amide bonds. The number of thiazole rings is 1. The fourth-order valence-corrected chi connectivity index (χ4v) is 7.14. The molecule has 0 saturated carbocycles. The molecule has 0 spiro atoms. The third-order valence-electron chi connectivity index (χ3n) is 6.85. The number of carbonyl (C=O) groups is 1. The van der Waals surface area contributed by atoms with Crippen LogP contribution < -0.4 is 29.1 Å². The number of fused-ring (bicyclic) bond motifs is 1. The molecular weight excluding hydrogens is 736 g/mol. The Morgan fingerprint density at radius 2 is 1.80 bits per heavy atom. The van der Waals surface area contributed by atoms with Gasteiger partial charge < -0.3 is 18.9 Å². The third-order valence-corrected chi connectivity index (χ3v) is 9.38. The molecule has 1 aliphatic rings. The van der Waals surface area contributed by atoms with Crippen LogP contribution in [0.2, 0.25) is 5.02 Å². The number of hydrogen-bond acceptors (Lipinski definition) is 8. The number of hydrogen-bond donors (Lipinski definition) is 0. The van der Waals surface area contributed by atoms with Gasteiger partial charge >= 0.3 is 5.97 Å². The van der Waals surface area contributed by atoms with Crippen LogP contribution in [-0.4, -0.2) is 31.4 Å². The van der Waals surface area contributed by atoms with E-state index in [0.29, 0.717) is 53.9 Å². The van der Waals surface area contributed by atoms with Crippen LogP contribution in [-0.2, 0) is 16.1 Å². The second-order valence-corrected chi connectivity index (χ2v) is 12.8. The Balaban J connectivity index is 1.58. The first kappa shape index (κ1) is 32.0. The molecule has 44 heavy (non-hydrogen) atoms. The van der Waals surface area contributed by atoms with E-state index in [9.17, 15) is 9.59 Å². The Morgan fingerprint density at radius 1 is 1.05 bits per heavy atom. The zero-order chi connectivity index (χ0) is 31.5. The van der Waals surface area contributed by atoms with Crippen molar-refractivity contribution in [3.05, 3.63) is 116 Å². The molecule has 0 aliphatic carbocycles. The van der Waals surface area contributed by atoms with Crippen LogP contribution in [0.5, 0.6) is 17.2 Å². The highest BCUT2D eigenvalue weighted by molar-refractivity contribution is 9.10. The lowest BCUT2D eigenvalue weighted by Gasteiger charge is -2.26. The molecule has 12 heteroatoms. The summed E-state index contributed by atoms with van der Waals surface area (Å²) in [6.07, 6.45) is 1.79. The average molecular weight is 763 g/mol. The molecule has 0 fully saturated rings. The molecule has 0 radical (unpaired) electrons. The lowest BCUT2D eigenvalue weighted by atomic mass is 9.95. The number of aromatic nitrogens is 1. The van der Waals surface area contributed by atoms with Crippen LogP contribution in [0.15, 0.2) is 84.6 Å². The van der Waals surface area contributed by atoms with Crippen molar-refractivity contribution < 1.29 is 23.7 Å². The van der Waals surface area contributed by atoms with E-state index in [1.165, 1.54) is 30.1 Å². The van der Waals surface area contributed by atoms with E-state index < -0.39 is 12.0 Å². The van der Waals surface area contributed by atoms with E-state index in [-0.39, 0.29) is 17.7 Å². The van der Waals surface area contributed by atoms with Crippen LogP contribution in [0.25, 0.3) is 6.08 Å². The van der Waals surface area contributed by atoms with Gasteiger partial charge in [-0.15, -0.1) is 0 Å². The minimum atomic E-state index is -0.823. The summed E-state index contributed by atoms with van der Waals surface area (Å²) in [6.45, 7) is 4.00. The van der Waals surface area contributed by atoms with Crippen LogP contribution in [0, 0.1) is 0 Å². The van der Waals surface area contributed by atoms with Crippen molar-refractivity contribution in [1.82, 2.24) is 4.57 Å². The first-order valence-electron chi connectivity index (χ1n) is 13.4. The lowest BCUT2D eigenvalue weighted by Crippen LogP contribution is -2.40. The van der Waals surface area contributed by atoms with Crippen LogP contribution >= 0.6 is 54.8 Å². The van der Waals surface area contributed by atoms with E-state index in [0.717, 1.165) is 15.6 Å². The number of carbonyl (C=O) groups excluding carboxylic acids is 1. The molecule has 3 aromatic carbocycles. The maximum Gasteiger partial charge on any atom is 0.338 e. The molecule has 1 aromatic heterocycles. The fraction of sp³-hybridized carbons (Fsp3) is 0.219. The standard InChI is InChI=1S/C32H27Br2ClN2O6S/c1-5-42-31(39)28-17(2)36-32-37(29(28)21-14-25(40-3)26(41-4)15-22(21)33)30(38)27(44-32)13-18-9-10-24(23(34)12-18)43-16-19-7-6-8-20(35)11-19/h6-15,29H,5,16H2,1-4H3/b27-13-/t29-/m1/s1. The van der Waals surface area contributed by atoms with Crippen LogP contribution in [0.4, 0.5) is 0 Å². The highest BCUT2D eigenvalue weighted by Crippen LogP contribution is 2.40. The molecular formula is C32H27Br2ClN2O6S. The summed E-state index contributed by atoms with van der Waals surface area (Å²) in [5.41, 5.74) is 2.78. The number of methoxy groups -OCH3 is 2. The maximum atomic E-state index is 14.1. The highest BCUT2D eigenvalue weighted by atomic mass is 79.9. The smallest absolute Gasteiger partial charge is 0.338 e. The predicted octanol–water partition coefficient (Wildman–Crippen LogP) is 6.57. The van der Waals surface area contributed by atoms with Gasteiger partial charge in [-0.05, 0) is 88.9 Å². The summed E-state index contributed by atoms with van der Waals surface area (Å²) < 4.78 is 25.7. The average Bonchev–Trinajstić information content (AvgIpc) is 3.29. The van der Waals surface area contributed by atoms with Gasteiger partial charge in [0.1, 0.15) is 12.4 Å². The van der Waals surface area contributed by atoms with E-state index in [2.05, 4.69) is 36.9 Å². The first-order chi connectivity index (χ1) is 21.1. The van der Waals surface area contributed by atoms with Crippen molar-refractivity contribution >= 4 is 66.8 Å². The second kappa shape index (κ2) is 13.7. The Bertz CT molecular complexity index is 1970. The van der Waals surface area contributed by atoms with Gasteiger partial charge in [0.25, 0.3) is 5.56 Å². The number of nitrogens with zero attached hydrogens (tertiary/aromatic N) is 2. The molecule has 0 saturated heterocycles. The summed E-state index contributed by atoms with van der Waals surface area (Å²) in [4.78, 5) is 32.4. The minimum Gasteiger partial charge on any atom is -0.493 e. The molecule has 1 atom stereocenters. The zero-order valence-corrected chi connectivity index (χ0v) is 28.9. The number of benzene rings is 3. The molecule has 2 heterocycles. The molecule has 0 unspecified atom stereocenters. The number of esters is 1. The Morgan fingerprint density at radius 3 is 2.48 bits per heavy atom. The van der Waals surface area contributed by atoms with Crippen LogP contribution in [0.3, 0.4) is 0 Å². The molecule has 228 valence electrons. The first-order valence-corrected chi connectivity index (χ1v) is 16.2. The predicted molar refractivity (Wildman–Crippen MR) is 178 cm³/mol. The second-order valence-electron chi connectivity index (χ2n) is 9.64.